The fourth-order valence-electron chi connectivity index (χ4n) is 2.00. The molecule has 3 rings (SSSR count). The molecule has 21 heavy (non-hydrogen) atoms. The fourth-order valence-corrected chi connectivity index (χ4v) is 2.00. The van der Waals surface area contributed by atoms with Gasteiger partial charge in [0.1, 0.15) is 5.69 Å². The van der Waals surface area contributed by atoms with Crippen molar-refractivity contribution in [2.24, 2.45) is 0 Å². The van der Waals surface area contributed by atoms with E-state index in [-0.39, 0.29) is 12.2 Å². The molecule has 102 valence electrons. The Labute approximate surface area is 122 Å². The summed E-state index contributed by atoms with van der Waals surface area (Å²) in [6.07, 6.45) is 5.35. The van der Waals surface area contributed by atoms with Gasteiger partial charge in [-0.1, -0.05) is 12.1 Å². The molecule has 0 aromatic carbocycles. The quantitative estimate of drug-likeness (QED) is 0.687. The van der Waals surface area contributed by atoms with Crippen LogP contribution >= 0.6 is 0 Å². The summed E-state index contributed by atoms with van der Waals surface area (Å²) in [5.41, 5.74) is 3.00. The van der Waals surface area contributed by atoms with Gasteiger partial charge in [0.2, 0.25) is 0 Å². The predicted molar refractivity (Wildman–Crippen MR) is 79.7 cm³/mol. The number of rotatable bonds is 4. The van der Waals surface area contributed by atoms with Crippen LogP contribution in [0.1, 0.15) is 16.2 Å². The number of ketones is 1. The van der Waals surface area contributed by atoms with Gasteiger partial charge in [-0.15, -0.1) is 0 Å². The van der Waals surface area contributed by atoms with Crippen molar-refractivity contribution in [1.82, 2.24) is 15.0 Å². The molecule has 0 radical (unpaired) electrons. The lowest BCUT2D eigenvalue weighted by molar-refractivity contribution is 0.0987. The maximum Gasteiger partial charge on any atom is 0.187 e. The summed E-state index contributed by atoms with van der Waals surface area (Å²) in [4.78, 5) is 24.7. The van der Waals surface area contributed by atoms with Gasteiger partial charge < -0.3 is 0 Å². The van der Waals surface area contributed by atoms with Crippen LogP contribution in [0, 0.1) is 0 Å². The van der Waals surface area contributed by atoms with Crippen LogP contribution in [0.2, 0.25) is 0 Å². The van der Waals surface area contributed by atoms with Gasteiger partial charge in [-0.25, -0.2) is 0 Å². The molecule has 0 atom stereocenters. The largest absolute Gasteiger partial charge is 0.292 e. The number of aromatic nitrogens is 3. The Morgan fingerprint density at radius 3 is 2.29 bits per heavy atom. The second kappa shape index (κ2) is 6.05. The summed E-state index contributed by atoms with van der Waals surface area (Å²) in [5.74, 6) is -0.0336. The van der Waals surface area contributed by atoms with E-state index in [0.29, 0.717) is 5.69 Å². The van der Waals surface area contributed by atoms with Crippen LogP contribution in [0.15, 0.2) is 67.1 Å². The lowest BCUT2D eigenvalue weighted by atomic mass is 10.1. The first-order valence-corrected chi connectivity index (χ1v) is 6.63. The van der Waals surface area contributed by atoms with E-state index in [2.05, 4.69) is 15.0 Å². The fraction of sp³-hybridized carbons (Fsp3) is 0.0588. The summed E-state index contributed by atoms with van der Waals surface area (Å²) >= 11 is 0. The first kappa shape index (κ1) is 13.1. The monoisotopic (exact) mass is 275 g/mol. The van der Waals surface area contributed by atoms with E-state index in [0.717, 1.165) is 17.0 Å². The molecule has 4 nitrogen and oxygen atoms in total. The van der Waals surface area contributed by atoms with Crippen molar-refractivity contribution in [3.63, 3.8) is 0 Å². The van der Waals surface area contributed by atoms with Crippen LogP contribution in [0.3, 0.4) is 0 Å². The standard InChI is InChI=1S/C17H13N3O/c21-17(16-6-2-4-10-19-16)11-14-8-7-13(12-20-14)15-5-1-3-9-18-15/h1-10,12H,11H2. The van der Waals surface area contributed by atoms with Crippen LogP contribution < -0.4 is 0 Å². The minimum Gasteiger partial charge on any atom is -0.292 e. The number of pyridine rings is 3. The Balaban J connectivity index is 1.75. The highest BCUT2D eigenvalue weighted by Gasteiger charge is 2.09. The normalized spacial score (nSPS) is 10.3. The predicted octanol–water partition coefficient (Wildman–Crippen LogP) is 2.96. The molecule has 0 fully saturated rings. The highest BCUT2D eigenvalue weighted by molar-refractivity contribution is 5.95. The summed E-state index contributed by atoms with van der Waals surface area (Å²) in [6.45, 7) is 0. The summed E-state index contributed by atoms with van der Waals surface area (Å²) < 4.78 is 0. The molecular formula is C17H13N3O. The van der Waals surface area contributed by atoms with Gasteiger partial charge in [0.25, 0.3) is 0 Å². The number of hydrogen-bond donors (Lipinski definition) is 0. The molecule has 3 heterocycles. The highest BCUT2D eigenvalue weighted by atomic mass is 16.1. The average molecular weight is 275 g/mol. The first-order chi connectivity index (χ1) is 10.3. The topological polar surface area (TPSA) is 55.7 Å². The Kier molecular flexibility index (Phi) is 3.78. The number of hydrogen-bond acceptors (Lipinski definition) is 4. The summed E-state index contributed by atoms with van der Waals surface area (Å²) in [7, 11) is 0. The van der Waals surface area contributed by atoms with E-state index in [9.17, 15) is 4.79 Å². The van der Waals surface area contributed by atoms with E-state index in [1.807, 2.05) is 30.3 Å². The minimum atomic E-state index is -0.0336. The van der Waals surface area contributed by atoms with Gasteiger partial charge in [0, 0.05) is 29.8 Å². The third-order valence-corrected chi connectivity index (χ3v) is 3.08. The van der Waals surface area contributed by atoms with Crippen molar-refractivity contribution < 1.29 is 4.79 Å². The second-order valence-corrected chi connectivity index (χ2v) is 4.57. The van der Waals surface area contributed by atoms with Crippen molar-refractivity contribution in [1.29, 1.82) is 0 Å². The zero-order chi connectivity index (χ0) is 14.5. The second-order valence-electron chi connectivity index (χ2n) is 4.57. The Morgan fingerprint density at radius 1 is 0.857 bits per heavy atom. The van der Waals surface area contributed by atoms with Crippen LogP contribution in [0.4, 0.5) is 0 Å². The van der Waals surface area contributed by atoms with Gasteiger partial charge in [0.15, 0.2) is 5.78 Å². The molecule has 3 aromatic rings. The van der Waals surface area contributed by atoms with E-state index in [1.165, 1.54) is 0 Å². The van der Waals surface area contributed by atoms with Crippen LogP contribution in [-0.2, 0) is 6.42 Å². The van der Waals surface area contributed by atoms with E-state index in [1.54, 1.807) is 36.8 Å². The Morgan fingerprint density at radius 2 is 1.67 bits per heavy atom. The molecule has 0 unspecified atom stereocenters. The van der Waals surface area contributed by atoms with Crippen molar-refractivity contribution in [2.45, 2.75) is 6.42 Å². The number of carbonyl (C=O) groups is 1. The molecule has 0 bridgehead atoms. The molecule has 4 heteroatoms. The van der Waals surface area contributed by atoms with Gasteiger partial charge in [0.05, 0.1) is 12.1 Å². The minimum absolute atomic E-state index is 0.0336. The maximum absolute atomic E-state index is 12.1. The molecule has 0 aliphatic carbocycles. The molecule has 0 saturated carbocycles. The Bertz CT molecular complexity index is 725. The average Bonchev–Trinajstić information content (AvgIpc) is 2.57. The zero-order valence-corrected chi connectivity index (χ0v) is 11.3. The van der Waals surface area contributed by atoms with E-state index < -0.39 is 0 Å². The molecule has 0 spiro atoms. The van der Waals surface area contributed by atoms with Gasteiger partial charge in [-0.05, 0) is 36.4 Å². The zero-order valence-electron chi connectivity index (χ0n) is 11.3. The van der Waals surface area contributed by atoms with Crippen molar-refractivity contribution in [3.05, 3.63) is 78.5 Å². The van der Waals surface area contributed by atoms with Crippen molar-refractivity contribution >= 4 is 5.78 Å². The van der Waals surface area contributed by atoms with E-state index in [4.69, 9.17) is 0 Å². The smallest absolute Gasteiger partial charge is 0.187 e. The van der Waals surface area contributed by atoms with E-state index >= 15 is 0 Å². The van der Waals surface area contributed by atoms with Gasteiger partial charge >= 0.3 is 0 Å². The van der Waals surface area contributed by atoms with Crippen LogP contribution in [-0.4, -0.2) is 20.7 Å². The Hall–Kier alpha value is -2.88. The molecule has 0 N–H and O–H groups in total. The molecule has 0 amide bonds. The molecular weight excluding hydrogens is 262 g/mol. The molecule has 3 aromatic heterocycles. The highest BCUT2D eigenvalue weighted by Crippen LogP contribution is 2.15. The van der Waals surface area contributed by atoms with Crippen LogP contribution in [0.25, 0.3) is 11.3 Å². The molecule has 0 saturated heterocycles. The molecule has 0 aliphatic rings. The maximum atomic E-state index is 12.1. The SMILES string of the molecule is O=C(Cc1ccc(-c2ccccn2)cn1)c1ccccn1. The van der Waals surface area contributed by atoms with Crippen molar-refractivity contribution in [2.75, 3.05) is 0 Å². The van der Waals surface area contributed by atoms with Gasteiger partial charge in [-0.3, -0.25) is 19.7 Å². The summed E-state index contributed by atoms with van der Waals surface area (Å²) in [6, 6.07) is 14.8. The first-order valence-electron chi connectivity index (χ1n) is 6.63. The molecule has 0 aliphatic heterocycles. The number of nitrogens with zero attached hydrogens (tertiary/aromatic N) is 3. The van der Waals surface area contributed by atoms with Crippen LogP contribution in [0.5, 0.6) is 0 Å². The van der Waals surface area contributed by atoms with Crippen molar-refractivity contribution in [3.8, 4) is 11.3 Å². The summed E-state index contributed by atoms with van der Waals surface area (Å²) in [5, 5.41) is 0. The lowest BCUT2D eigenvalue weighted by Crippen LogP contribution is -2.06. The number of Topliss-reactive ketones (excluding diaryl/α,β-unsaturated/α-hetero) is 1. The third kappa shape index (κ3) is 3.17. The van der Waals surface area contributed by atoms with Gasteiger partial charge in [-0.2, -0.15) is 0 Å². The number of carbonyl (C=O) groups excluding carboxylic acids is 1. The lowest BCUT2D eigenvalue weighted by Gasteiger charge is -2.03. The third-order valence-electron chi connectivity index (χ3n) is 3.08.